The lowest BCUT2D eigenvalue weighted by Gasteiger charge is -2.08. The Labute approximate surface area is 192 Å². The molecular formula is C23H18F3NO3S2. The number of thiocarbonyl (C=S) groups is 1. The standard InChI is InChI=1S/C22H18F3NOS2.CO2/c1-14(26-12-18(28)10-15-6-3-2-4-7-15)19-13-29-21(20(19)27)16-8-5-9-17(11-16)22(23,24)25;2-1-3/h2-9,11,13,27H,10,12H2,1H3;. The van der Waals surface area contributed by atoms with E-state index in [-0.39, 0.29) is 11.9 Å². The van der Waals surface area contributed by atoms with Gasteiger partial charge in [0.2, 0.25) is 0 Å². The van der Waals surface area contributed by atoms with Crippen LogP contribution < -0.4 is 0 Å². The second kappa shape index (κ2) is 11.5. The molecule has 1 aromatic heterocycles. The zero-order chi connectivity index (χ0) is 23.7. The fraction of sp³-hybridized carbons (Fsp3) is 0.174. The van der Waals surface area contributed by atoms with Gasteiger partial charge in [0.1, 0.15) is 5.75 Å². The maximum atomic E-state index is 13.0. The predicted octanol–water partition coefficient (Wildman–Crippen LogP) is 5.98. The van der Waals surface area contributed by atoms with Crippen LogP contribution in [-0.2, 0) is 22.2 Å². The Kier molecular flexibility index (Phi) is 9.02. The quantitative estimate of drug-likeness (QED) is 0.351. The summed E-state index contributed by atoms with van der Waals surface area (Å²) in [5.41, 5.74) is 1.77. The molecule has 0 aliphatic rings. The van der Waals surface area contributed by atoms with Crippen molar-refractivity contribution in [1.82, 2.24) is 0 Å². The molecule has 9 heteroatoms. The molecular weight excluding hydrogens is 459 g/mol. The van der Waals surface area contributed by atoms with E-state index in [1.54, 1.807) is 18.4 Å². The van der Waals surface area contributed by atoms with Gasteiger partial charge in [-0.2, -0.15) is 22.8 Å². The Morgan fingerprint density at radius 1 is 1.12 bits per heavy atom. The zero-order valence-electron chi connectivity index (χ0n) is 16.8. The van der Waals surface area contributed by atoms with Gasteiger partial charge in [0.25, 0.3) is 0 Å². The highest BCUT2D eigenvalue weighted by Crippen LogP contribution is 2.40. The van der Waals surface area contributed by atoms with Gasteiger partial charge in [-0.1, -0.05) is 54.7 Å². The maximum absolute atomic E-state index is 13.0. The number of benzene rings is 2. The molecule has 0 radical (unpaired) electrons. The highest BCUT2D eigenvalue weighted by Gasteiger charge is 2.30. The first-order valence-electron chi connectivity index (χ1n) is 9.21. The van der Waals surface area contributed by atoms with Crippen molar-refractivity contribution in [2.45, 2.75) is 19.5 Å². The summed E-state index contributed by atoms with van der Waals surface area (Å²) in [7, 11) is 0. The van der Waals surface area contributed by atoms with Crippen molar-refractivity contribution in [2.75, 3.05) is 6.54 Å². The number of aromatic hydroxyl groups is 1. The minimum Gasteiger partial charge on any atom is -0.506 e. The van der Waals surface area contributed by atoms with Crippen LogP contribution in [0.15, 0.2) is 65.0 Å². The van der Waals surface area contributed by atoms with Crippen molar-refractivity contribution < 1.29 is 27.9 Å². The monoisotopic (exact) mass is 477 g/mol. The molecule has 32 heavy (non-hydrogen) atoms. The first kappa shape index (κ1) is 25.1. The Bertz CT molecular complexity index is 1130. The Balaban J connectivity index is 0.00000114. The average molecular weight is 478 g/mol. The summed E-state index contributed by atoms with van der Waals surface area (Å²) in [6.45, 7) is 2.09. The second-order valence-corrected chi connectivity index (χ2v) is 8.05. The highest BCUT2D eigenvalue weighted by molar-refractivity contribution is 7.80. The molecule has 0 atom stereocenters. The first-order chi connectivity index (χ1) is 15.2. The van der Waals surface area contributed by atoms with E-state index in [9.17, 15) is 18.3 Å². The van der Waals surface area contributed by atoms with E-state index in [1.807, 2.05) is 30.3 Å². The number of hydrogen-bond donors (Lipinski definition) is 1. The van der Waals surface area contributed by atoms with Crippen LogP contribution >= 0.6 is 23.6 Å². The number of nitrogens with zero attached hydrogens (tertiary/aromatic N) is 1. The number of rotatable bonds is 6. The molecule has 0 amide bonds. The summed E-state index contributed by atoms with van der Waals surface area (Å²) in [5.74, 6) is -0.0652. The number of thiophene rings is 1. The summed E-state index contributed by atoms with van der Waals surface area (Å²) in [6.07, 6.45) is -3.55. The topological polar surface area (TPSA) is 66.7 Å². The smallest absolute Gasteiger partial charge is 0.416 e. The Morgan fingerprint density at radius 3 is 2.41 bits per heavy atom. The number of halogens is 3. The van der Waals surface area contributed by atoms with E-state index < -0.39 is 11.7 Å². The van der Waals surface area contributed by atoms with Crippen LogP contribution in [0.3, 0.4) is 0 Å². The molecule has 0 saturated carbocycles. The number of carbonyl (C=O) groups excluding carboxylic acids is 2. The summed E-state index contributed by atoms with van der Waals surface area (Å²) < 4.78 is 38.9. The minimum atomic E-state index is -4.43. The van der Waals surface area contributed by atoms with Crippen LogP contribution in [0, 0.1) is 0 Å². The van der Waals surface area contributed by atoms with Crippen molar-refractivity contribution in [3.63, 3.8) is 0 Å². The van der Waals surface area contributed by atoms with Crippen molar-refractivity contribution >= 4 is 40.3 Å². The van der Waals surface area contributed by atoms with Crippen molar-refractivity contribution in [1.29, 1.82) is 0 Å². The van der Waals surface area contributed by atoms with Gasteiger partial charge in [0, 0.05) is 27.9 Å². The van der Waals surface area contributed by atoms with Gasteiger partial charge in [-0.15, -0.1) is 11.3 Å². The van der Waals surface area contributed by atoms with E-state index in [0.29, 0.717) is 34.7 Å². The number of aliphatic imine (C=N–C) groups is 1. The van der Waals surface area contributed by atoms with Crippen LogP contribution in [0.25, 0.3) is 10.4 Å². The van der Waals surface area contributed by atoms with Crippen LogP contribution in [0.5, 0.6) is 5.75 Å². The molecule has 4 nitrogen and oxygen atoms in total. The summed E-state index contributed by atoms with van der Waals surface area (Å²) in [4.78, 5) is 21.9. The third-order valence-electron chi connectivity index (χ3n) is 4.34. The Morgan fingerprint density at radius 2 is 1.78 bits per heavy atom. The molecule has 0 aliphatic carbocycles. The second-order valence-electron chi connectivity index (χ2n) is 6.59. The van der Waals surface area contributed by atoms with E-state index >= 15 is 0 Å². The summed E-state index contributed by atoms with van der Waals surface area (Å²) in [6, 6.07) is 14.8. The van der Waals surface area contributed by atoms with Gasteiger partial charge in [0.15, 0.2) is 0 Å². The van der Waals surface area contributed by atoms with E-state index in [2.05, 4.69) is 4.99 Å². The van der Waals surface area contributed by atoms with E-state index in [0.717, 1.165) is 22.6 Å². The largest absolute Gasteiger partial charge is 0.506 e. The van der Waals surface area contributed by atoms with Gasteiger partial charge >= 0.3 is 12.3 Å². The molecule has 166 valence electrons. The highest BCUT2D eigenvalue weighted by atomic mass is 32.1. The molecule has 3 rings (SSSR count). The lowest BCUT2D eigenvalue weighted by molar-refractivity contribution is -0.191. The third-order valence-corrected chi connectivity index (χ3v) is 5.64. The summed E-state index contributed by atoms with van der Waals surface area (Å²) in [5, 5.41) is 12.3. The van der Waals surface area contributed by atoms with E-state index in [1.165, 1.54) is 17.4 Å². The molecule has 1 heterocycles. The van der Waals surface area contributed by atoms with Crippen LogP contribution in [-0.4, -0.2) is 28.4 Å². The maximum Gasteiger partial charge on any atom is 0.416 e. The van der Waals surface area contributed by atoms with Gasteiger partial charge in [-0.05, 0) is 30.2 Å². The van der Waals surface area contributed by atoms with Crippen LogP contribution in [0.1, 0.15) is 23.6 Å². The normalized spacial score (nSPS) is 11.3. The number of alkyl halides is 3. The lowest BCUT2D eigenvalue weighted by Crippen LogP contribution is -2.06. The van der Waals surface area contributed by atoms with Gasteiger partial charge in [0.05, 0.1) is 17.0 Å². The number of hydrogen-bond acceptors (Lipinski definition) is 6. The fourth-order valence-electron chi connectivity index (χ4n) is 2.82. The molecule has 0 spiro atoms. The molecule has 0 aliphatic heterocycles. The van der Waals surface area contributed by atoms with Crippen LogP contribution in [0.4, 0.5) is 13.2 Å². The zero-order valence-corrected chi connectivity index (χ0v) is 18.5. The predicted molar refractivity (Wildman–Crippen MR) is 121 cm³/mol. The van der Waals surface area contributed by atoms with Gasteiger partial charge in [-0.3, -0.25) is 4.99 Å². The minimum absolute atomic E-state index is 0.0652. The first-order valence-corrected chi connectivity index (χ1v) is 10.5. The summed E-state index contributed by atoms with van der Waals surface area (Å²) >= 11 is 6.58. The van der Waals surface area contributed by atoms with Gasteiger partial charge < -0.3 is 5.11 Å². The molecule has 0 saturated heterocycles. The van der Waals surface area contributed by atoms with Crippen molar-refractivity contribution in [2.24, 2.45) is 4.99 Å². The molecule has 2 aromatic carbocycles. The van der Waals surface area contributed by atoms with E-state index in [4.69, 9.17) is 21.8 Å². The fourth-order valence-corrected chi connectivity index (χ4v) is 4.06. The molecule has 0 unspecified atom stereocenters. The Hall–Kier alpha value is -3.13. The molecule has 0 fully saturated rings. The SMILES string of the molecule is CC(=NCC(=S)Cc1ccccc1)c1csc(-c2cccc(C(F)(F)F)c2)c1O.O=C=O. The van der Waals surface area contributed by atoms with Crippen molar-refractivity contribution in [3.8, 4) is 16.2 Å². The molecule has 3 aromatic rings. The van der Waals surface area contributed by atoms with Gasteiger partial charge in [-0.25, -0.2) is 0 Å². The third kappa shape index (κ3) is 6.95. The molecule has 1 N–H and O–H groups in total. The lowest BCUT2D eigenvalue weighted by atomic mass is 10.1. The van der Waals surface area contributed by atoms with Crippen LogP contribution in [0.2, 0.25) is 0 Å². The average Bonchev–Trinajstić information content (AvgIpc) is 3.14. The molecule has 0 bridgehead atoms. The van der Waals surface area contributed by atoms with Crippen molar-refractivity contribution in [3.05, 3.63) is 76.7 Å².